The van der Waals surface area contributed by atoms with E-state index in [1.807, 2.05) is 13.0 Å². The van der Waals surface area contributed by atoms with Gasteiger partial charge in [0.15, 0.2) is 0 Å². The molecular weight excluding hydrogens is 374 g/mol. The number of carbonyl (C=O) groups is 1. The summed E-state index contributed by atoms with van der Waals surface area (Å²) in [6.07, 6.45) is 1.49. The number of amides is 1. The minimum atomic E-state index is -0.223. The lowest BCUT2D eigenvalue weighted by Crippen LogP contribution is -2.13. The molecule has 0 unspecified atom stereocenters. The highest BCUT2D eigenvalue weighted by Gasteiger charge is 2.10. The van der Waals surface area contributed by atoms with Crippen LogP contribution in [0.15, 0.2) is 39.4 Å². The number of hydrogen-bond donors (Lipinski definition) is 2. The van der Waals surface area contributed by atoms with Crippen molar-refractivity contribution < 1.29 is 4.79 Å². The minimum Gasteiger partial charge on any atom is -0.397 e. The molecule has 1 amide bonds. The first-order valence-electron chi connectivity index (χ1n) is 5.46. The molecule has 0 aliphatic rings. The van der Waals surface area contributed by atoms with Crippen molar-refractivity contribution in [2.75, 3.05) is 11.1 Å². The lowest BCUT2D eigenvalue weighted by molar-refractivity contribution is 0.102. The Morgan fingerprint density at radius 2 is 2.00 bits per heavy atom. The fourth-order valence-electron chi connectivity index (χ4n) is 1.46. The number of nitrogens with two attached hydrogens (primary N) is 1. The van der Waals surface area contributed by atoms with E-state index in [-0.39, 0.29) is 5.91 Å². The van der Waals surface area contributed by atoms with Crippen molar-refractivity contribution in [3.05, 3.63) is 50.5 Å². The minimum absolute atomic E-state index is 0.223. The van der Waals surface area contributed by atoms with Gasteiger partial charge in [0.25, 0.3) is 5.91 Å². The smallest absolute Gasteiger partial charge is 0.256 e. The molecule has 0 fully saturated rings. The molecule has 98 valence electrons. The van der Waals surface area contributed by atoms with Crippen molar-refractivity contribution in [2.24, 2.45) is 0 Å². The normalized spacial score (nSPS) is 10.3. The van der Waals surface area contributed by atoms with Gasteiger partial charge in [-0.05, 0) is 46.6 Å². The van der Waals surface area contributed by atoms with Crippen LogP contribution in [-0.2, 0) is 0 Å². The van der Waals surface area contributed by atoms with Crippen LogP contribution < -0.4 is 11.1 Å². The summed E-state index contributed by atoms with van der Waals surface area (Å²) in [6.45, 7) is 1.96. The summed E-state index contributed by atoms with van der Waals surface area (Å²) >= 11 is 6.71. The zero-order valence-electron chi connectivity index (χ0n) is 10.1. The predicted octanol–water partition coefficient (Wildman–Crippen LogP) is 3.75. The van der Waals surface area contributed by atoms with E-state index in [0.717, 1.165) is 10.0 Å². The van der Waals surface area contributed by atoms with Gasteiger partial charge in [-0.2, -0.15) is 0 Å². The Bertz CT molecular complexity index is 644. The maximum absolute atomic E-state index is 12.1. The number of nitrogens with one attached hydrogen (secondary N) is 1. The highest BCUT2D eigenvalue weighted by molar-refractivity contribution is 9.10. The van der Waals surface area contributed by atoms with Gasteiger partial charge in [-0.1, -0.05) is 22.0 Å². The van der Waals surface area contributed by atoms with Crippen LogP contribution in [0.25, 0.3) is 0 Å². The lowest BCUT2D eigenvalue weighted by Gasteiger charge is -2.08. The molecule has 0 aliphatic heterocycles. The van der Waals surface area contributed by atoms with Crippen molar-refractivity contribution in [3.8, 4) is 0 Å². The van der Waals surface area contributed by atoms with Crippen LogP contribution in [0.4, 0.5) is 11.5 Å². The number of pyridine rings is 1. The number of anilines is 2. The second-order valence-electron chi connectivity index (χ2n) is 4.02. The number of nitrogens with zero attached hydrogens (tertiary/aromatic N) is 1. The van der Waals surface area contributed by atoms with Crippen molar-refractivity contribution >= 4 is 49.3 Å². The third-order valence-corrected chi connectivity index (χ3v) is 3.99. The predicted molar refractivity (Wildman–Crippen MR) is 83.2 cm³/mol. The van der Waals surface area contributed by atoms with Gasteiger partial charge in [-0.25, -0.2) is 4.98 Å². The fourth-order valence-corrected chi connectivity index (χ4v) is 2.30. The van der Waals surface area contributed by atoms with E-state index in [2.05, 4.69) is 42.2 Å². The fraction of sp³-hybridized carbons (Fsp3) is 0.0769. The number of carbonyl (C=O) groups excluding carboxylic acids is 1. The molecule has 0 bridgehead atoms. The topological polar surface area (TPSA) is 68.0 Å². The molecule has 0 spiro atoms. The first-order chi connectivity index (χ1) is 8.97. The van der Waals surface area contributed by atoms with E-state index in [0.29, 0.717) is 21.5 Å². The van der Waals surface area contributed by atoms with E-state index in [1.54, 1.807) is 18.2 Å². The van der Waals surface area contributed by atoms with Crippen LogP contribution in [-0.4, -0.2) is 10.9 Å². The summed E-state index contributed by atoms with van der Waals surface area (Å²) in [5.74, 6) is 0.217. The van der Waals surface area contributed by atoms with Crippen LogP contribution in [0, 0.1) is 6.92 Å². The van der Waals surface area contributed by atoms with E-state index in [4.69, 9.17) is 5.73 Å². The number of rotatable bonds is 2. The molecule has 1 heterocycles. The van der Waals surface area contributed by atoms with E-state index >= 15 is 0 Å². The van der Waals surface area contributed by atoms with Crippen LogP contribution in [0.1, 0.15) is 15.9 Å². The molecule has 0 saturated heterocycles. The number of aromatic nitrogens is 1. The number of benzene rings is 1. The first kappa shape index (κ1) is 14.0. The number of aryl methyl sites for hydroxylation is 1. The Kier molecular flexibility index (Phi) is 4.21. The standard InChI is InChI=1S/C13H11Br2N3O/c1-7-2-3-8(4-10(7)14)13(19)18-12-11(15)5-9(16)6-17-12/h2-6H,16H2,1H3,(H,17,18,19). The monoisotopic (exact) mass is 383 g/mol. The number of nitrogen functional groups attached to an aromatic ring is 1. The Labute approximate surface area is 127 Å². The highest BCUT2D eigenvalue weighted by Crippen LogP contribution is 2.23. The van der Waals surface area contributed by atoms with Crippen LogP contribution in [0.5, 0.6) is 0 Å². The molecule has 1 aromatic carbocycles. The Hall–Kier alpha value is -1.40. The largest absolute Gasteiger partial charge is 0.397 e. The van der Waals surface area contributed by atoms with E-state index in [9.17, 15) is 4.79 Å². The second-order valence-corrected chi connectivity index (χ2v) is 5.73. The van der Waals surface area contributed by atoms with Crippen LogP contribution in [0.2, 0.25) is 0 Å². The summed E-state index contributed by atoms with van der Waals surface area (Å²) in [5, 5.41) is 2.73. The molecule has 0 saturated carbocycles. The molecule has 2 rings (SSSR count). The van der Waals surface area contributed by atoms with Gasteiger partial charge >= 0.3 is 0 Å². The molecule has 1 aromatic heterocycles. The second kappa shape index (κ2) is 5.71. The zero-order valence-corrected chi connectivity index (χ0v) is 13.2. The number of halogens is 2. The first-order valence-corrected chi connectivity index (χ1v) is 7.04. The van der Waals surface area contributed by atoms with Crippen molar-refractivity contribution in [1.82, 2.24) is 4.98 Å². The molecule has 0 aliphatic carbocycles. The zero-order chi connectivity index (χ0) is 14.0. The van der Waals surface area contributed by atoms with Gasteiger partial charge in [0.1, 0.15) is 5.82 Å². The summed E-state index contributed by atoms with van der Waals surface area (Å²) in [5.41, 5.74) is 7.76. The van der Waals surface area contributed by atoms with Gasteiger partial charge in [-0.15, -0.1) is 0 Å². The average molecular weight is 385 g/mol. The summed E-state index contributed by atoms with van der Waals surface area (Å²) in [7, 11) is 0. The van der Waals surface area contributed by atoms with Crippen LogP contribution >= 0.6 is 31.9 Å². The van der Waals surface area contributed by atoms with Gasteiger partial charge in [0.2, 0.25) is 0 Å². The summed E-state index contributed by atoms with van der Waals surface area (Å²) in [4.78, 5) is 16.2. The lowest BCUT2D eigenvalue weighted by atomic mass is 10.1. The quantitative estimate of drug-likeness (QED) is 0.828. The molecule has 3 N–H and O–H groups in total. The third-order valence-electron chi connectivity index (χ3n) is 2.53. The summed E-state index contributed by atoms with van der Waals surface area (Å²) < 4.78 is 1.54. The van der Waals surface area contributed by atoms with E-state index < -0.39 is 0 Å². The van der Waals surface area contributed by atoms with E-state index in [1.165, 1.54) is 6.20 Å². The molecule has 0 radical (unpaired) electrons. The van der Waals surface area contributed by atoms with Gasteiger partial charge in [0, 0.05) is 10.0 Å². The third kappa shape index (κ3) is 3.33. The van der Waals surface area contributed by atoms with Crippen molar-refractivity contribution in [2.45, 2.75) is 6.92 Å². The molecular formula is C13H11Br2N3O. The molecule has 0 atom stereocenters. The van der Waals surface area contributed by atoms with Gasteiger partial charge < -0.3 is 11.1 Å². The molecule has 6 heteroatoms. The average Bonchev–Trinajstić information content (AvgIpc) is 2.36. The van der Waals surface area contributed by atoms with Crippen LogP contribution in [0.3, 0.4) is 0 Å². The Morgan fingerprint density at radius 3 is 2.63 bits per heavy atom. The number of hydrogen-bond acceptors (Lipinski definition) is 3. The van der Waals surface area contributed by atoms with Gasteiger partial charge in [-0.3, -0.25) is 4.79 Å². The Morgan fingerprint density at radius 1 is 1.26 bits per heavy atom. The maximum Gasteiger partial charge on any atom is 0.256 e. The molecule has 19 heavy (non-hydrogen) atoms. The van der Waals surface area contributed by atoms with Gasteiger partial charge in [0.05, 0.1) is 16.4 Å². The highest BCUT2D eigenvalue weighted by atomic mass is 79.9. The maximum atomic E-state index is 12.1. The van der Waals surface area contributed by atoms with Crippen molar-refractivity contribution in [3.63, 3.8) is 0 Å². The molecule has 2 aromatic rings. The van der Waals surface area contributed by atoms with Crippen molar-refractivity contribution in [1.29, 1.82) is 0 Å². The summed E-state index contributed by atoms with van der Waals surface area (Å²) in [6, 6.07) is 7.11. The molecule has 4 nitrogen and oxygen atoms in total. The Balaban J connectivity index is 2.23. The SMILES string of the molecule is Cc1ccc(C(=O)Nc2ncc(N)cc2Br)cc1Br.